The van der Waals surface area contributed by atoms with Crippen molar-refractivity contribution in [3.05, 3.63) is 17.8 Å². The highest BCUT2D eigenvalue weighted by atomic mass is 16.5. The van der Waals surface area contributed by atoms with Crippen molar-refractivity contribution >= 4 is 0 Å². The number of hydrogen-bond acceptors (Lipinski definition) is 4. The van der Waals surface area contributed by atoms with E-state index in [2.05, 4.69) is 4.98 Å². The zero-order valence-corrected chi connectivity index (χ0v) is 10.4. The van der Waals surface area contributed by atoms with E-state index < -0.39 is 0 Å². The molecule has 0 spiro atoms. The van der Waals surface area contributed by atoms with Crippen LogP contribution in [0, 0.1) is 11.3 Å². The Morgan fingerprint density at radius 1 is 1.35 bits per heavy atom. The van der Waals surface area contributed by atoms with Gasteiger partial charge < -0.3 is 9.47 Å². The molecule has 0 atom stereocenters. The molecule has 1 aliphatic rings. The third-order valence-electron chi connectivity index (χ3n) is 2.16. The second-order valence-corrected chi connectivity index (χ2v) is 5.14. The Labute approximate surface area is 101 Å². The second-order valence-electron chi connectivity index (χ2n) is 5.14. The quantitative estimate of drug-likeness (QED) is 0.804. The molecule has 0 radical (unpaired) electrons. The molecule has 1 heterocycles. The van der Waals surface area contributed by atoms with Crippen LogP contribution in [0.25, 0.3) is 0 Å². The van der Waals surface area contributed by atoms with Crippen LogP contribution in [0.5, 0.6) is 11.6 Å². The number of nitriles is 1. The summed E-state index contributed by atoms with van der Waals surface area (Å²) in [6.07, 6.45) is 2.44. The number of pyridine rings is 1. The average molecular weight is 232 g/mol. The van der Waals surface area contributed by atoms with Crippen molar-refractivity contribution in [2.24, 2.45) is 0 Å². The molecule has 0 bridgehead atoms. The highest BCUT2D eigenvalue weighted by Gasteiger charge is 2.26. The van der Waals surface area contributed by atoms with Gasteiger partial charge in [0.25, 0.3) is 5.88 Å². The molecular weight excluding hydrogens is 216 g/mol. The van der Waals surface area contributed by atoms with Crippen molar-refractivity contribution in [3.63, 3.8) is 0 Å². The first-order chi connectivity index (χ1) is 7.98. The minimum atomic E-state index is -0.358. The lowest BCUT2D eigenvalue weighted by atomic mass is 10.2. The molecule has 1 aromatic heterocycles. The zero-order valence-electron chi connectivity index (χ0n) is 10.4. The van der Waals surface area contributed by atoms with Crippen molar-refractivity contribution in [3.8, 4) is 17.7 Å². The van der Waals surface area contributed by atoms with E-state index in [0.29, 0.717) is 17.3 Å². The molecule has 90 valence electrons. The van der Waals surface area contributed by atoms with E-state index >= 15 is 0 Å². The molecule has 1 aromatic rings. The topological polar surface area (TPSA) is 55.1 Å². The van der Waals surface area contributed by atoms with Gasteiger partial charge in [0, 0.05) is 0 Å². The lowest BCUT2D eigenvalue weighted by Crippen LogP contribution is -2.24. The summed E-state index contributed by atoms with van der Waals surface area (Å²) in [6, 6.07) is 5.40. The van der Waals surface area contributed by atoms with E-state index in [1.165, 1.54) is 0 Å². The average Bonchev–Trinajstić information content (AvgIpc) is 3.02. The fourth-order valence-corrected chi connectivity index (χ4v) is 1.31. The van der Waals surface area contributed by atoms with Gasteiger partial charge in [-0.15, -0.1) is 0 Å². The first-order valence-corrected chi connectivity index (χ1v) is 5.75. The number of hydrogen-bond donors (Lipinski definition) is 0. The maximum atomic E-state index is 8.84. The van der Waals surface area contributed by atoms with Crippen LogP contribution >= 0.6 is 0 Å². The van der Waals surface area contributed by atoms with E-state index in [9.17, 15) is 0 Å². The van der Waals surface area contributed by atoms with Crippen molar-refractivity contribution in [2.75, 3.05) is 0 Å². The first-order valence-electron chi connectivity index (χ1n) is 5.75. The van der Waals surface area contributed by atoms with Gasteiger partial charge in [-0.3, -0.25) is 0 Å². The van der Waals surface area contributed by atoms with Crippen LogP contribution in [0.4, 0.5) is 0 Å². The SMILES string of the molecule is CC(C)(C)Oc1nc(C#N)ccc1OC1CC1. The highest BCUT2D eigenvalue weighted by molar-refractivity contribution is 5.38. The van der Waals surface area contributed by atoms with Crippen LogP contribution in [0.1, 0.15) is 39.3 Å². The molecule has 0 unspecified atom stereocenters. The summed E-state index contributed by atoms with van der Waals surface area (Å²) in [6.45, 7) is 5.82. The Kier molecular flexibility index (Phi) is 2.93. The van der Waals surface area contributed by atoms with Gasteiger partial charge in [-0.2, -0.15) is 10.2 Å². The van der Waals surface area contributed by atoms with Crippen molar-refractivity contribution < 1.29 is 9.47 Å². The van der Waals surface area contributed by atoms with E-state index in [4.69, 9.17) is 14.7 Å². The van der Waals surface area contributed by atoms with Gasteiger partial charge in [0.15, 0.2) is 5.75 Å². The monoisotopic (exact) mass is 232 g/mol. The summed E-state index contributed by atoms with van der Waals surface area (Å²) in [7, 11) is 0. The van der Waals surface area contributed by atoms with Crippen molar-refractivity contribution in [1.29, 1.82) is 5.26 Å². The third kappa shape index (κ3) is 3.35. The highest BCUT2D eigenvalue weighted by Crippen LogP contribution is 2.33. The van der Waals surface area contributed by atoms with Crippen LogP contribution in [0.3, 0.4) is 0 Å². The maximum Gasteiger partial charge on any atom is 0.258 e. The van der Waals surface area contributed by atoms with E-state index in [1.807, 2.05) is 26.8 Å². The molecule has 0 aliphatic heterocycles. The summed E-state index contributed by atoms with van der Waals surface area (Å²) in [4.78, 5) is 4.15. The predicted molar refractivity (Wildman–Crippen MR) is 63.0 cm³/mol. The zero-order chi connectivity index (χ0) is 12.5. The summed E-state index contributed by atoms with van der Waals surface area (Å²) >= 11 is 0. The smallest absolute Gasteiger partial charge is 0.258 e. The van der Waals surface area contributed by atoms with Crippen LogP contribution in [-0.2, 0) is 0 Å². The van der Waals surface area contributed by atoms with Gasteiger partial charge in [-0.05, 0) is 45.7 Å². The van der Waals surface area contributed by atoms with Gasteiger partial charge >= 0.3 is 0 Å². The third-order valence-corrected chi connectivity index (χ3v) is 2.16. The molecule has 0 aromatic carbocycles. The predicted octanol–water partition coefficient (Wildman–Crippen LogP) is 2.67. The van der Waals surface area contributed by atoms with Crippen LogP contribution in [-0.4, -0.2) is 16.7 Å². The molecule has 0 N–H and O–H groups in total. The molecule has 1 aliphatic carbocycles. The molecule has 1 saturated carbocycles. The summed E-state index contributed by atoms with van der Waals surface area (Å²) in [5.74, 6) is 1.03. The van der Waals surface area contributed by atoms with Gasteiger partial charge in [0.1, 0.15) is 17.4 Å². The maximum absolute atomic E-state index is 8.84. The molecular formula is C13H16N2O2. The van der Waals surface area contributed by atoms with E-state index in [0.717, 1.165) is 12.8 Å². The Morgan fingerprint density at radius 2 is 2.06 bits per heavy atom. The fourth-order valence-electron chi connectivity index (χ4n) is 1.31. The minimum Gasteiger partial charge on any atom is -0.485 e. The van der Waals surface area contributed by atoms with Gasteiger partial charge in [0.05, 0.1) is 6.10 Å². The van der Waals surface area contributed by atoms with E-state index in [-0.39, 0.29) is 11.7 Å². The lowest BCUT2D eigenvalue weighted by Gasteiger charge is -2.22. The molecule has 0 saturated heterocycles. The lowest BCUT2D eigenvalue weighted by molar-refractivity contribution is 0.115. The van der Waals surface area contributed by atoms with E-state index in [1.54, 1.807) is 12.1 Å². The Morgan fingerprint density at radius 3 is 2.59 bits per heavy atom. The van der Waals surface area contributed by atoms with Gasteiger partial charge in [-0.1, -0.05) is 0 Å². The molecule has 17 heavy (non-hydrogen) atoms. The minimum absolute atomic E-state index is 0.284. The Hall–Kier alpha value is -1.76. The standard InChI is InChI=1S/C13H16N2O2/c1-13(2,3)17-12-11(16-10-5-6-10)7-4-9(8-14)15-12/h4,7,10H,5-6H2,1-3H3. The number of rotatable bonds is 3. The second kappa shape index (κ2) is 4.25. The van der Waals surface area contributed by atoms with Gasteiger partial charge in [0.2, 0.25) is 0 Å². The fraction of sp³-hybridized carbons (Fsp3) is 0.538. The largest absolute Gasteiger partial charge is 0.485 e. The van der Waals surface area contributed by atoms with Crippen LogP contribution in [0.2, 0.25) is 0 Å². The number of aromatic nitrogens is 1. The van der Waals surface area contributed by atoms with Crippen LogP contribution in [0.15, 0.2) is 12.1 Å². The van der Waals surface area contributed by atoms with Gasteiger partial charge in [-0.25, -0.2) is 0 Å². The number of ether oxygens (including phenoxy) is 2. The summed E-state index contributed by atoms with van der Waals surface area (Å²) < 4.78 is 11.4. The molecule has 4 nitrogen and oxygen atoms in total. The van der Waals surface area contributed by atoms with Crippen LogP contribution < -0.4 is 9.47 Å². The normalized spacial score (nSPS) is 15.2. The van der Waals surface area contributed by atoms with Crippen molar-refractivity contribution in [1.82, 2.24) is 4.98 Å². The Balaban J connectivity index is 2.26. The first kappa shape index (κ1) is 11.7. The molecule has 2 rings (SSSR count). The summed E-state index contributed by atoms with van der Waals surface area (Å²) in [5, 5.41) is 8.84. The molecule has 1 fully saturated rings. The number of nitrogens with zero attached hydrogens (tertiary/aromatic N) is 2. The van der Waals surface area contributed by atoms with Crippen molar-refractivity contribution in [2.45, 2.75) is 45.3 Å². The summed E-state index contributed by atoms with van der Waals surface area (Å²) in [5.41, 5.74) is -0.0182. The molecule has 0 amide bonds. The Bertz CT molecular complexity index is 453. The molecule has 4 heteroatoms.